The van der Waals surface area contributed by atoms with Gasteiger partial charge in [-0.2, -0.15) is 0 Å². The van der Waals surface area contributed by atoms with E-state index in [0.717, 1.165) is 0 Å². The lowest BCUT2D eigenvalue weighted by Gasteiger charge is -2.11. The number of hydrogen-bond acceptors (Lipinski definition) is 2. The van der Waals surface area contributed by atoms with Crippen molar-refractivity contribution in [1.29, 1.82) is 0 Å². The normalized spacial score (nSPS) is 10.5. The molecule has 0 amide bonds. The van der Waals surface area contributed by atoms with Crippen LogP contribution in [0, 0.1) is 5.92 Å². The first-order chi connectivity index (χ1) is 6.97. The van der Waals surface area contributed by atoms with Crippen LogP contribution in [-0.4, -0.2) is 12.9 Å². The third kappa shape index (κ3) is 2.73. The van der Waals surface area contributed by atoms with E-state index < -0.39 is 0 Å². The van der Waals surface area contributed by atoms with E-state index in [1.165, 1.54) is 7.11 Å². The fourth-order valence-corrected chi connectivity index (χ4v) is 2.23. The number of benzene rings is 1. The van der Waals surface area contributed by atoms with E-state index in [1.54, 1.807) is 12.1 Å². The van der Waals surface area contributed by atoms with Crippen molar-refractivity contribution >= 4 is 33.3 Å². The molecule has 0 aromatic heterocycles. The van der Waals surface area contributed by atoms with Gasteiger partial charge in [-0.15, -0.1) is 0 Å². The van der Waals surface area contributed by atoms with E-state index in [0.29, 0.717) is 20.8 Å². The molecule has 15 heavy (non-hydrogen) atoms. The van der Waals surface area contributed by atoms with Crippen LogP contribution in [-0.2, 0) is 0 Å². The maximum absolute atomic E-state index is 11.9. The molecule has 0 heterocycles. The Balaban J connectivity index is 3.32. The standard InChI is InChI=1S/C11H12BrClO2/c1-6(2)10(14)8-4-7(13)5-9(12)11(8)15-3/h4-6H,1-3H3. The summed E-state index contributed by atoms with van der Waals surface area (Å²) in [6.45, 7) is 3.69. The van der Waals surface area contributed by atoms with Crippen LogP contribution >= 0.6 is 27.5 Å². The summed E-state index contributed by atoms with van der Waals surface area (Å²) >= 11 is 9.20. The van der Waals surface area contributed by atoms with Gasteiger partial charge in [0.15, 0.2) is 5.78 Å². The van der Waals surface area contributed by atoms with Gasteiger partial charge in [-0.1, -0.05) is 25.4 Å². The van der Waals surface area contributed by atoms with Crippen LogP contribution in [0.4, 0.5) is 0 Å². The largest absolute Gasteiger partial charge is 0.495 e. The molecule has 0 unspecified atom stereocenters. The highest BCUT2D eigenvalue weighted by Gasteiger charge is 2.18. The minimum Gasteiger partial charge on any atom is -0.495 e. The molecule has 82 valence electrons. The fourth-order valence-electron chi connectivity index (χ4n) is 1.26. The summed E-state index contributed by atoms with van der Waals surface area (Å²) in [6.07, 6.45) is 0. The summed E-state index contributed by atoms with van der Waals surface area (Å²) in [4.78, 5) is 11.9. The summed E-state index contributed by atoms with van der Waals surface area (Å²) in [7, 11) is 1.53. The van der Waals surface area contributed by atoms with Gasteiger partial charge < -0.3 is 4.74 Å². The number of carbonyl (C=O) groups excluding carboxylic acids is 1. The third-order valence-corrected chi connectivity index (χ3v) is 2.81. The Morgan fingerprint density at radius 3 is 2.53 bits per heavy atom. The first kappa shape index (κ1) is 12.5. The van der Waals surface area contributed by atoms with Crippen molar-refractivity contribution in [2.75, 3.05) is 7.11 Å². The monoisotopic (exact) mass is 290 g/mol. The van der Waals surface area contributed by atoms with E-state index in [2.05, 4.69) is 15.9 Å². The molecule has 0 aliphatic carbocycles. The van der Waals surface area contributed by atoms with Crippen LogP contribution in [0.2, 0.25) is 5.02 Å². The minimum atomic E-state index is -0.0794. The van der Waals surface area contributed by atoms with Gasteiger partial charge in [0.1, 0.15) is 5.75 Å². The van der Waals surface area contributed by atoms with E-state index in [-0.39, 0.29) is 11.7 Å². The molecule has 0 radical (unpaired) electrons. The quantitative estimate of drug-likeness (QED) is 0.788. The van der Waals surface area contributed by atoms with Gasteiger partial charge in [0.2, 0.25) is 0 Å². The summed E-state index contributed by atoms with van der Waals surface area (Å²) in [6, 6.07) is 3.34. The van der Waals surface area contributed by atoms with Gasteiger partial charge in [-0.05, 0) is 28.1 Å². The van der Waals surface area contributed by atoms with E-state index >= 15 is 0 Å². The lowest BCUT2D eigenvalue weighted by Crippen LogP contribution is -2.09. The molecule has 0 bridgehead atoms. The van der Waals surface area contributed by atoms with Crippen LogP contribution in [0.3, 0.4) is 0 Å². The molecule has 2 nitrogen and oxygen atoms in total. The molecule has 0 spiro atoms. The predicted octanol–water partition coefficient (Wildman–Crippen LogP) is 3.95. The van der Waals surface area contributed by atoms with Crippen LogP contribution in [0.5, 0.6) is 5.75 Å². The second-order valence-electron chi connectivity index (χ2n) is 3.49. The molecule has 0 aliphatic heterocycles. The number of ketones is 1. The number of rotatable bonds is 3. The number of methoxy groups -OCH3 is 1. The molecule has 1 rings (SSSR count). The second-order valence-corrected chi connectivity index (χ2v) is 4.78. The topological polar surface area (TPSA) is 26.3 Å². The van der Waals surface area contributed by atoms with Crippen LogP contribution in [0.1, 0.15) is 24.2 Å². The Bertz CT molecular complexity index is 388. The van der Waals surface area contributed by atoms with Gasteiger partial charge in [0.05, 0.1) is 17.1 Å². The fraction of sp³-hybridized carbons (Fsp3) is 0.364. The van der Waals surface area contributed by atoms with Crippen LogP contribution < -0.4 is 4.74 Å². The average molecular weight is 292 g/mol. The number of Topliss-reactive ketones (excluding diaryl/α,β-unsaturated/α-hetero) is 1. The molecule has 4 heteroatoms. The maximum atomic E-state index is 11.9. The van der Waals surface area contributed by atoms with Crippen LogP contribution in [0.15, 0.2) is 16.6 Å². The van der Waals surface area contributed by atoms with Gasteiger partial charge in [0.25, 0.3) is 0 Å². The van der Waals surface area contributed by atoms with E-state index in [4.69, 9.17) is 16.3 Å². The van der Waals surface area contributed by atoms with Gasteiger partial charge in [0, 0.05) is 10.9 Å². The second kappa shape index (κ2) is 4.99. The molecular formula is C11H12BrClO2. The van der Waals surface area contributed by atoms with Crippen molar-refractivity contribution in [3.8, 4) is 5.75 Å². The molecule has 1 aromatic carbocycles. The molecule has 0 aliphatic rings. The van der Waals surface area contributed by atoms with Crippen LogP contribution in [0.25, 0.3) is 0 Å². The Morgan fingerprint density at radius 2 is 2.07 bits per heavy atom. The van der Waals surface area contributed by atoms with Crippen molar-refractivity contribution in [1.82, 2.24) is 0 Å². The Kier molecular flexibility index (Phi) is 4.17. The number of hydrogen-bond donors (Lipinski definition) is 0. The highest BCUT2D eigenvalue weighted by molar-refractivity contribution is 9.10. The lowest BCUT2D eigenvalue weighted by molar-refractivity contribution is 0.0936. The molecule has 1 aromatic rings. The molecule has 0 N–H and O–H groups in total. The Labute approximate surface area is 103 Å². The third-order valence-electron chi connectivity index (χ3n) is 2.00. The van der Waals surface area contributed by atoms with E-state index in [9.17, 15) is 4.79 Å². The van der Waals surface area contributed by atoms with Gasteiger partial charge >= 0.3 is 0 Å². The highest BCUT2D eigenvalue weighted by atomic mass is 79.9. The zero-order valence-electron chi connectivity index (χ0n) is 8.80. The summed E-state index contributed by atoms with van der Waals surface area (Å²) in [5.74, 6) is 0.484. The van der Waals surface area contributed by atoms with Gasteiger partial charge in [-0.3, -0.25) is 4.79 Å². The summed E-state index contributed by atoms with van der Waals surface area (Å²) in [5.41, 5.74) is 0.520. The molecule has 0 saturated heterocycles. The van der Waals surface area contributed by atoms with Crippen molar-refractivity contribution in [3.63, 3.8) is 0 Å². The number of ether oxygens (including phenoxy) is 1. The predicted molar refractivity (Wildman–Crippen MR) is 64.9 cm³/mol. The zero-order chi connectivity index (χ0) is 11.6. The first-order valence-corrected chi connectivity index (χ1v) is 5.71. The van der Waals surface area contributed by atoms with Crippen molar-refractivity contribution in [2.45, 2.75) is 13.8 Å². The van der Waals surface area contributed by atoms with E-state index in [1.807, 2.05) is 13.8 Å². The SMILES string of the molecule is COc1c(Br)cc(Cl)cc1C(=O)C(C)C. The minimum absolute atomic E-state index is 0.0232. The number of halogens is 2. The number of carbonyl (C=O) groups is 1. The Morgan fingerprint density at radius 1 is 1.47 bits per heavy atom. The smallest absolute Gasteiger partial charge is 0.169 e. The Hall–Kier alpha value is -0.540. The first-order valence-electron chi connectivity index (χ1n) is 4.54. The molecular weight excluding hydrogens is 279 g/mol. The summed E-state index contributed by atoms with van der Waals surface area (Å²) in [5, 5.41) is 0.520. The maximum Gasteiger partial charge on any atom is 0.169 e. The highest BCUT2D eigenvalue weighted by Crippen LogP contribution is 2.33. The van der Waals surface area contributed by atoms with Crippen molar-refractivity contribution in [3.05, 3.63) is 27.2 Å². The van der Waals surface area contributed by atoms with Crippen molar-refractivity contribution < 1.29 is 9.53 Å². The van der Waals surface area contributed by atoms with Crippen molar-refractivity contribution in [2.24, 2.45) is 5.92 Å². The molecule has 0 saturated carbocycles. The molecule has 0 atom stereocenters. The average Bonchev–Trinajstić information content (AvgIpc) is 2.15. The summed E-state index contributed by atoms with van der Waals surface area (Å²) < 4.78 is 5.87. The lowest BCUT2D eigenvalue weighted by atomic mass is 10.0. The zero-order valence-corrected chi connectivity index (χ0v) is 11.1. The van der Waals surface area contributed by atoms with Gasteiger partial charge in [-0.25, -0.2) is 0 Å². The molecule has 0 fully saturated rings.